The number of aliphatic hydroxyl groups is 2. The van der Waals surface area contributed by atoms with E-state index in [0.717, 1.165) is 5.56 Å². The number of pyridine rings is 1. The molecule has 6 heteroatoms. The molecular formula is C18H21ClN2O3. The third-order valence-corrected chi connectivity index (χ3v) is 4.21. The summed E-state index contributed by atoms with van der Waals surface area (Å²) in [4.78, 5) is 16.6. The largest absolute Gasteiger partial charge is 0.394 e. The topological polar surface area (TPSA) is 82.5 Å². The number of rotatable bonds is 7. The molecule has 0 spiro atoms. The zero-order chi connectivity index (χ0) is 17.6. The summed E-state index contributed by atoms with van der Waals surface area (Å²) in [5.41, 5.74) is -0.334. The smallest absolute Gasteiger partial charge is 0.256 e. The van der Waals surface area contributed by atoms with Crippen LogP contribution in [-0.2, 0) is 16.8 Å². The first-order chi connectivity index (χ1) is 11.5. The molecule has 3 N–H and O–H groups in total. The van der Waals surface area contributed by atoms with E-state index in [1.54, 1.807) is 43.6 Å². The van der Waals surface area contributed by atoms with Gasteiger partial charge < -0.3 is 15.5 Å². The lowest BCUT2D eigenvalue weighted by molar-refractivity contribution is -0.142. The van der Waals surface area contributed by atoms with Crippen LogP contribution >= 0.6 is 11.6 Å². The van der Waals surface area contributed by atoms with Crippen LogP contribution in [0.3, 0.4) is 0 Å². The number of aliphatic hydroxyl groups excluding tert-OH is 1. The minimum absolute atomic E-state index is 0.187. The molecule has 0 aliphatic carbocycles. The molecule has 0 aliphatic heterocycles. The summed E-state index contributed by atoms with van der Waals surface area (Å²) in [5.74, 6) is -0.555. The fraction of sp³-hybridized carbons (Fsp3) is 0.333. The first-order valence-corrected chi connectivity index (χ1v) is 8.16. The maximum Gasteiger partial charge on any atom is 0.256 e. The number of benzene rings is 1. The second-order valence-electron chi connectivity index (χ2n) is 5.64. The van der Waals surface area contributed by atoms with Crippen LogP contribution in [0.2, 0.25) is 5.02 Å². The number of carbonyl (C=O) groups is 1. The number of nitrogens with zero attached hydrogens (tertiary/aromatic N) is 1. The first kappa shape index (κ1) is 18.4. The van der Waals surface area contributed by atoms with Gasteiger partial charge in [-0.3, -0.25) is 9.78 Å². The van der Waals surface area contributed by atoms with E-state index >= 15 is 0 Å². The number of aromatic nitrogens is 1. The fourth-order valence-corrected chi connectivity index (χ4v) is 2.70. The highest BCUT2D eigenvalue weighted by Gasteiger charge is 2.37. The zero-order valence-electron chi connectivity index (χ0n) is 13.4. The van der Waals surface area contributed by atoms with Crippen LogP contribution in [0.1, 0.15) is 24.5 Å². The van der Waals surface area contributed by atoms with Crippen LogP contribution < -0.4 is 5.32 Å². The molecule has 0 fully saturated rings. The molecule has 0 unspecified atom stereocenters. The van der Waals surface area contributed by atoms with Gasteiger partial charge in [-0.1, -0.05) is 30.7 Å². The van der Waals surface area contributed by atoms with Gasteiger partial charge in [-0.15, -0.1) is 0 Å². The van der Waals surface area contributed by atoms with Gasteiger partial charge in [-0.05, 0) is 48.2 Å². The molecule has 5 nitrogen and oxygen atoms in total. The predicted octanol–water partition coefficient (Wildman–Crippen LogP) is 2.05. The lowest BCUT2D eigenvalue weighted by Crippen LogP contribution is -2.49. The molecule has 1 aromatic carbocycles. The van der Waals surface area contributed by atoms with Gasteiger partial charge in [-0.2, -0.15) is 0 Å². The monoisotopic (exact) mass is 348 g/mol. The number of carbonyl (C=O) groups excluding carboxylic acids is 1. The van der Waals surface area contributed by atoms with Gasteiger partial charge >= 0.3 is 0 Å². The quantitative estimate of drug-likeness (QED) is 0.715. The van der Waals surface area contributed by atoms with Crippen LogP contribution in [0.4, 0.5) is 0 Å². The van der Waals surface area contributed by atoms with Gasteiger partial charge in [-0.25, -0.2) is 0 Å². The zero-order valence-corrected chi connectivity index (χ0v) is 14.2. The van der Waals surface area contributed by atoms with Crippen molar-refractivity contribution >= 4 is 17.5 Å². The van der Waals surface area contributed by atoms with Crippen LogP contribution in [0.25, 0.3) is 0 Å². The Labute approximate surface area is 146 Å². The summed E-state index contributed by atoms with van der Waals surface area (Å²) in [6.45, 7) is 1.49. The number of hydrogen-bond donors (Lipinski definition) is 3. The van der Waals surface area contributed by atoms with Crippen molar-refractivity contribution in [3.8, 4) is 0 Å². The van der Waals surface area contributed by atoms with E-state index in [2.05, 4.69) is 10.3 Å². The third-order valence-electron chi connectivity index (χ3n) is 3.98. The summed E-state index contributed by atoms with van der Waals surface area (Å²) in [6.07, 6.45) is 3.94. The molecule has 2 aromatic rings. The Morgan fingerprint density at radius 1 is 1.33 bits per heavy atom. The van der Waals surface area contributed by atoms with E-state index in [1.807, 2.05) is 12.1 Å². The number of nitrogens with one attached hydrogen (secondary N) is 1. The summed E-state index contributed by atoms with van der Waals surface area (Å²) in [5, 5.41) is 23.6. The molecule has 1 heterocycles. The summed E-state index contributed by atoms with van der Waals surface area (Å²) in [6, 6.07) is 9.73. The van der Waals surface area contributed by atoms with Gasteiger partial charge in [0, 0.05) is 17.4 Å². The van der Waals surface area contributed by atoms with Crippen molar-refractivity contribution < 1.29 is 15.0 Å². The minimum Gasteiger partial charge on any atom is -0.394 e. The summed E-state index contributed by atoms with van der Waals surface area (Å²) >= 11 is 5.96. The summed E-state index contributed by atoms with van der Waals surface area (Å²) < 4.78 is 0. The standard InChI is InChI=1S/C18H21ClN2O3/c1-2-18(24,14-4-3-5-15(19)11-14)17(23)21-16(12-22)10-13-6-8-20-9-7-13/h3-9,11,16,22,24H,2,10,12H2,1H3,(H,21,23)/t16-,18+/m1/s1. The van der Waals surface area contributed by atoms with Gasteiger partial charge in [0.25, 0.3) is 5.91 Å². The van der Waals surface area contributed by atoms with Crippen molar-refractivity contribution in [1.29, 1.82) is 0 Å². The van der Waals surface area contributed by atoms with Crippen LogP contribution in [0.5, 0.6) is 0 Å². The Kier molecular flexibility index (Phi) is 6.31. The predicted molar refractivity (Wildman–Crippen MR) is 92.6 cm³/mol. The van der Waals surface area contributed by atoms with Crippen molar-refractivity contribution in [3.63, 3.8) is 0 Å². The van der Waals surface area contributed by atoms with Gasteiger partial charge in [0.2, 0.25) is 0 Å². The van der Waals surface area contributed by atoms with Crippen molar-refractivity contribution in [2.45, 2.75) is 31.4 Å². The Morgan fingerprint density at radius 2 is 2.04 bits per heavy atom. The van der Waals surface area contributed by atoms with Crippen molar-refractivity contribution in [3.05, 3.63) is 64.9 Å². The molecule has 0 bridgehead atoms. The SMILES string of the molecule is CC[C@@](O)(C(=O)N[C@@H](CO)Cc1ccncc1)c1cccc(Cl)c1. The Bertz CT molecular complexity index is 681. The highest BCUT2D eigenvalue weighted by atomic mass is 35.5. The Morgan fingerprint density at radius 3 is 2.62 bits per heavy atom. The van der Waals surface area contributed by atoms with Crippen molar-refractivity contribution in [2.75, 3.05) is 6.61 Å². The normalized spacial score (nSPS) is 14.7. The van der Waals surface area contributed by atoms with Gasteiger partial charge in [0.15, 0.2) is 5.60 Å². The molecule has 1 aromatic heterocycles. The Hall–Kier alpha value is -1.95. The van der Waals surface area contributed by atoms with E-state index < -0.39 is 17.6 Å². The van der Waals surface area contributed by atoms with Crippen LogP contribution in [-0.4, -0.2) is 33.8 Å². The average molecular weight is 349 g/mol. The summed E-state index contributed by atoms with van der Waals surface area (Å²) in [7, 11) is 0. The van der Waals surface area contributed by atoms with E-state index in [9.17, 15) is 15.0 Å². The molecular weight excluding hydrogens is 328 g/mol. The van der Waals surface area contributed by atoms with Crippen LogP contribution in [0, 0.1) is 0 Å². The number of halogens is 1. The van der Waals surface area contributed by atoms with Crippen molar-refractivity contribution in [2.24, 2.45) is 0 Å². The van der Waals surface area contributed by atoms with Gasteiger partial charge in [0.05, 0.1) is 12.6 Å². The lowest BCUT2D eigenvalue weighted by atomic mass is 9.89. The average Bonchev–Trinajstić information content (AvgIpc) is 2.61. The molecule has 24 heavy (non-hydrogen) atoms. The Balaban J connectivity index is 2.15. The molecule has 0 saturated carbocycles. The molecule has 2 rings (SSSR count). The molecule has 0 saturated heterocycles. The fourth-order valence-electron chi connectivity index (χ4n) is 2.51. The van der Waals surface area contributed by atoms with E-state index in [1.165, 1.54) is 0 Å². The lowest BCUT2D eigenvalue weighted by Gasteiger charge is -2.28. The highest BCUT2D eigenvalue weighted by Crippen LogP contribution is 2.27. The number of hydrogen-bond acceptors (Lipinski definition) is 4. The first-order valence-electron chi connectivity index (χ1n) is 7.78. The second kappa shape index (κ2) is 8.24. The van der Waals surface area contributed by atoms with Crippen molar-refractivity contribution in [1.82, 2.24) is 10.3 Å². The van der Waals surface area contributed by atoms with Gasteiger partial charge in [0.1, 0.15) is 0 Å². The molecule has 0 radical (unpaired) electrons. The molecule has 0 aliphatic rings. The maximum absolute atomic E-state index is 12.6. The molecule has 2 atom stereocenters. The van der Waals surface area contributed by atoms with Crippen LogP contribution in [0.15, 0.2) is 48.8 Å². The molecule has 1 amide bonds. The minimum atomic E-state index is -1.70. The van der Waals surface area contributed by atoms with E-state index in [4.69, 9.17) is 11.6 Å². The maximum atomic E-state index is 12.6. The number of amides is 1. The third kappa shape index (κ3) is 4.32. The van der Waals surface area contributed by atoms with E-state index in [0.29, 0.717) is 17.0 Å². The highest BCUT2D eigenvalue weighted by molar-refractivity contribution is 6.30. The second-order valence-corrected chi connectivity index (χ2v) is 6.07. The molecule has 128 valence electrons. The van der Waals surface area contributed by atoms with E-state index in [-0.39, 0.29) is 13.0 Å².